The molecule has 2 atom stereocenters. The van der Waals surface area contributed by atoms with Crippen LogP contribution in [0.1, 0.15) is 40.0 Å². The van der Waals surface area contributed by atoms with Gasteiger partial charge in [-0.1, -0.05) is 13.8 Å². The maximum absolute atomic E-state index is 12.3. The lowest BCUT2D eigenvalue weighted by molar-refractivity contribution is -0.151. The molecule has 0 spiro atoms. The fraction of sp³-hybridized carbons (Fsp3) is 0.857. The summed E-state index contributed by atoms with van der Waals surface area (Å²) in [7, 11) is 0. The van der Waals surface area contributed by atoms with Crippen molar-refractivity contribution in [2.45, 2.75) is 52.1 Å². The maximum Gasteiger partial charge on any atom is 0.245 e. The molecule has 19 heavy (non-hydrogen) atoms. The molecule has 0 saturated carbocycles. The van der Waals surface area contributed by atoms with Crippen LogP contribution in [0.2, 0.25) is 0 Å². The molecule has 2 aliphatic heterocycles. The number of hydrogen-bond donors (Lipinski definition) is 1. The first-order valence-corrected chi connectivity index (χ1v) is 7.15. The standard InChI is InChI=1S/C14H24N2O3/c1-4-11-12(17)15-10(2)13(18)16(11)9-14(3)5-7-19-8-6-14/h10-11H,4-9H2,1-3H3,(H,15,17). The lowest BCUT2D eigenvalue weighted by Crippen LogP contribution is -2.64. The van der Waals surface area contributed by atoms with E-state index >= 15 is 0 Å². The van der Waals surface area contributed by atoms with E-state index in [0.29, 0.717) is 13.0 Å². The molecular formula is C14H24N2O3. The molecule has 0 bridgehead atoms. The first-order valence-electron chi connectivity index (χ1n) is 7.15. The zero-order chi connectivity index (χ0) is 14.0. The van der Waals surface area contributed by atoms with E-state index in [4.69, 9.17) is 4.74 Å². The van der Waals surface area contributed by atoms with Gasteiger partial charge >= 0.3 is 0 Å². The number of rotatable bonds is 3. The zero-order valence-corrected chi connectivity index (χ0v) is 12.1. The van der Waals surface area contributed by atoms with Crippen LogP contribution in [0.25, 0.3) is 0 Å². The number of piperazine rings is 1. The molecule has 0 aliphatic carbocycles. The third kappa shape index (κ3) is 2.91. The summed E-state index contributed by atoms with van der Waals surface area (Å²) in [6.07, 6.45) is 2.56. The molecule has 0 radical (unpaired) electrons. The van der Waals surface area contributed by atoms with E-state index in [0.717, 1.165) is 26.1 Å². The summed E-state index contributed by atoms with van der Waals surface area (Å²) in [6.45, 7) is 8.05. The highest BCUT2D eigenvalue weighted by Gasteiger charge is 2.41. The number of carbonyl (C=O) groups is 2. The van der Waals surface area contributed by atoms with E-state index in [1.165, 1.54) is 0 Å². The van der Waals surface area contributed by atoms with Crippen molar-refractivity contribution >= 4 is 11.8 Å². The van der Waals surface area contributed by atoms with Crippen molar-refractivity contribution in [3.05, 3.63) is 0 Å². The Hall–Kier alpha value is -1.10. The Morgan fingerprint density at radius 3 is 2.58 bits per heavy atom. The van der Waals surface area contributed by atoms with Crippen LogP contribution in [-0.4, -0.2) is 48.6 Å². The summed E-state index contributed by atoms with van der Waals surface area (Å²) in [5.74, 6) is 0.0180. The summed E-state index contributed by atoms with van der Waals surface area (Å²) in [6, 6.07) is -0.720. The molecule has 5 nitrogen and oxygen atoms in total. The van der Waals surface area contributed by atoms with Gasteiger partial charge in [-0.15, -0.1) is 0 Å². The molecule has 2 heterocycles. The topological polar surface area (TPSA) is 58.6 Å². The molecule has 2 fully saturated rings. The summed E-state index contributed by atoms with van der Waals surface area (Å²) < 4.78 is 5.39. The van der Waals surface area contributed by atoms with E-state index in [-0.39, 0.29) is 23.3 Å². The second-order valence-electron chi connectivity index (χ2n) is 6.04. The molecule has 2 aliphatic rings. The lowest BCUT2D eigenvalue weighted by atomic mass is 9.81. The van der Waals surface area contributed by atoms with Crippen molar-refractivity contribution in [2.24, 2.45) is 5.41 Å². The maximum atomic E-state index is 12.3. The van der Waals surface area contributed by atoms with Gasteiger partial charge in [0.05, 0.1) is 0 Å². The predicted octanol–water partition coefficient (Wildman–Crippen LogP) is 0.929. The normalized spacial score (nSPS) is 31.2. The Bertz CT molecular complexity index is 364. The van der Waals surface area contributed by atoms with E-state index in [1.54, 1.807) is 11.8 Å². The zero-order valence-electron chi connectivity index (χ0n) is 12.1. The van der Waals surface area contributed by atoms with Crippen LogP contribution in [0.4, 0.5) is 0 Å². The number of carbonyl (C=O) groups excluding carboxylic acids is 2. The number of amides is 2. The van der Waals surface area contributed by atoms with Crippen LogP contribution in [0.3, 0.4) is 0 Å². The van der Waals surface area contributed by atoms with Gasteiger partial charge in [0, 0.05) is 19.8 Å². The molecule has 2 amide bonds. The molecule has 0 aromatic carbocycles. The molecule has 108 valence electrons. The summed E-state index contributed by atoms with van der Waals surface area (Å²) >= 11 is 0. The van der Waals surface area contributed by atoms with E-state index in [1.807, 2.05) is 6.92 Å². The predicted molar refractivity (Wildman–Crippen MR) is 71.6 cm³/mol. The Morgan fingerprint density at radius 1 is 1.37 bits per heavy atom. The number of nitrogens with zero attached hydrogens (tertiary/aromatic N) is 1. The lowest BCUT2D eigenvalue weighted by Gasteiger charge is -2.44. The van der Waals surface area contributed by atoms with Crippen LogP contribution in [0, 0.1) is 5.41 Å². The molecule has 2 rings (SSSR count). The van der Waals surface area contributed by atoms with Crippen LogP contribution < -0.4 is 5.32 Å². The molecule has 1 N–H and O–H groups in total. The first-order chi connectivity index (χ1) is 8.97. The minimum atomic E-state index is -0.404. The van der Waals surface area contributed by atoms with Crippen LogP contribution in [0.15, 0.2) is 0 Å². The number of hydrogen-bond acceptors (Lipinski definition) is 3. The third-order valence-corrected chi connectivity index (χ3v) is 4.33. The van der Waals surface area contributed by atoms with Crippen molar-refractivity contribution in [1.82, 2.24) is 10.2 Å². The van der Waals surface area contributed by atoms with Crippen molar-refractivity contribution in [1.29, 1.82) is 0 Å². The van der Waals surface area contributed by atoms with Gasteiger partial charge < -0.3 is 15.0 Å². The second kappa shape index (κ2) is 5.49. The molecule has 2 saturated heterocycles. The smallest absolute Gasteiger partial charge is 0.245 e. The molecule has 5 heteroatoms. The van der Waals surface area contributed by atoms with Gasteiger partial charge in [0.15, 0.2) is 0 Å². The van der Waals surface area contributed by atoms with Gasteiger partial charge in [0.25, 0.3) is 0 Å². The van der Waals surface area contributed by atoms with Gasteiger partial charge in [0.2, 0.25) is 11.8 Å². The number of nitrogens with one attached hydrogen (secondary N) is 1. The largest absolute Gasteiger partial charge is 0.381 e. The van der Waals surface area contributed by atoms with Gasteiger partial charge in [-0.2, -0.15) is 0 Å². The second-order valence-corrected chi connectivity index (χ2v) is 6.04. The first kappa shape index (κ1) is 14.3. The van der Waals surface area contributed by atoms with Gasteiger partial charge in [-0.25, -0.2) is 0 Å². The Kier molecular flexibility index (Phi) is 4.13. The highest BCUT2D eigenvalue weighted by Crippen LogP contribution is 2.32. The Balaban J connectivity index is 2.14. The van der Waals surface area contributed by atoms with Crippen molar-refractivity contribution < 1.29 is 14.3 Å². The molecule has 0 aromatic rings. The average molecular weight is 268 g/mol. The van der Waals surface area contributed by atoms with Crippen LogP contribution >= 0.6 is 0 Å². The molecule has 2 unspecified atom stereocenters. The summed E-state index contributed by atoms with van der Waals surface area (Å²) in [5, 5.41) is 2.75. The van der Waals surface area contributed by atoms with E-state index in [9.17, 15) is 9.59 Å². The van der Waals surface area contributed by atoms with E-state index < -0.39 is 6.04 Å². The Labute approximate surface area is 114 Å². The van der Waals surface area contributed by atoms with Crippen molar-refractivity contribution in [2.75, 3.05) is 19.8 Å². The summed E-state index contributed by atoms with van der Waals surface area (Å²) in [5.41, 5.74) is 0.0681. The number of ether oxygens (including phenoxy) is 1. The summed E-state index contributed by atoms with van der Waals surface area (Å²) in [4.78, 5) is 26.1. The highest BCUT2D eigenvalue weighted by molar-refractivity contribution is 5.96. The SMILES string of the molecule is CCC1C(=O)NC(C)C(=O)N1CC1(C)CCOCC1. The average Bonchev–Trinajstić information content (AvgIpc) is 2.36. The molecule has 0 aromatic heterocycles. The minimum Gasteiger partial charge on any atom is -0.381 e. The van der Waals surface area contributed by atoms with Crippen LogP contribution in [0.5, 0.6) is 0 Å². The fourth-order valence-corrected chi connectivity index (χ4v) is 2.94. The van der Waals surface area contributed by atoms with Crippen molar-refractivity contribution in [3.63, 3.8) is 0 Å². The van der Waals surface area contributed by atoms with Crippen LogP contribution in [-0.2, 0) is 14.3 Å². The van der Waals surface area contributed by atoms with Crippen molar-refractivity contribution in [3.8, 4) is 0 Å². The quantitative estimate of drug-likeness (QED) is 0.828. The molecular weight excluding hydrogens is 244 g/mol. The van der Waals surface area contributed by atoms with Gasteiger partial charge in [0.1, 0.15) is 12.1 Å². The fourth-order valence-electron chi connectivity index (χ4n) is 2.94. The Morgan fingerprint density at radius 2 is 2.00 bits per heavy atom. The van der Waals surface area contributed by atoms with E-state index in [2.05, 4.69) is 12.2 Å². The van der Waals surface area contributed by atoms with Gasteiger partial charge in [-0.05, 0) is 31.6 Å². The van der Waals surface area contributed by atoms with Gasteiger partial charge in [-0.3, -0.25) is 9.59 Å². The third-order valence-electron chi connectivity index (χ3n) is 4.33. The monoisotopic (exact) mass is 268 g/mol. The minimum absolute atomic E-state index is 0.0229. The highest BCUT2D eigenvalue weighted by atomic mass is 16.5.